The Morgan fingerprint density at radius 2 is 1.60 bits per heavy atom. The molecule has 0 aromatic rings. The highest BCUT2D eigenvalue weighted by molar-refractivity contribution is 4.96. The van der Waals surface area contributed by atoms with E-state index in [4.69, 9.17) is 9.47 Å². The second-order valence-corrected chi connectivity index (χ2v) is 6.34. The molecule has 0 N–H and O–H groups in total. The van der Waals surface area contributed by atoms with Crippen LogP contribution in [-0.2, 0) is 9.47 Å². The smallest absolute Gasteiger partial charge is 0.169 e. The van der Waals surface area contributed by atoms with Crippen molar-refractivity contribution in [1.29, 1.82) is 0 Å². The quantitative estimate of drug-likeness (QED) is 0.612. The summed E-state index contributed by atoms with van der Waals surface area (Å²) in [4.78, 5) is 0. The molecular formula is C13H24O2. The zero-order valence-corrected chi connectivity index (χ0v) is 10.6. The van der Waals surface area contributed by atoms with Crippen molar-refractivity contribution in [3.8, 4) is 0 Å². The highest BCUT2D eigenvalue weighted by Crippen LogP contribution is 2.47. The maximum atomic E-state index is 6.32. The third-order valence-electron chi connectivity index (χ3n) is 4.22. The Balaban J connectivity index is 2.11. The summed E-state index contributed by atoms with van der Waals surface area (Å²) < 4.78 is 12.3. The predicted octanol–water partition coefficient (Wildman–Crippen LogP) is 3.50. The van der Waals surface area contributed by atoms with E-state index in [9.17, 15) is 0 Å². The van der Waals surface area contributed by atoms with Crippen LogP contribution in [0, 0.1) is 5.41 Å². The maximum absolute atomic E-state index is 6.32. The zero-order valence-electron chi connectivity index (χ0n) is 10.6. The number of rotatable bonds is 0. The summed E-state index contributed by atoms with van der Waals surface area (Å²) >= 11 is 0. The fourth-order valence-electron chi connectivity index (χ4n) is 2.45. The van der Waals surface area contributed by atoms with Crippen molar-refractivity contribution in [2.24, 2.45) is 5.41 Å². The molecule has 1 unspecified atom stereocenters. The summed E-state index contributed by atoms with van der Waals surface area (Å²) in [6.07, 6.45) is 6.00. The van der Waals surface area contributed by atoms with Crippen LogP contribution in [0.15, 0.2) is 0 Å². The van der Waals surface area contributed by atoms with Gasteiger partial charge in [-0.25, -0.2) is 0 Å². The first-order chi connectivity index (χ1) is 6.87. The minimum Gasteiger partial charge on any atom is -0.347 e. The monoisotopic (exact) mass is 212 g/mol. The highest BCUT2D eigenvalue weighted by Gasteiger charge is 2.53. The van der Waals surface area contributed by atoms with E-state index in [2.05, 4.69) is 27.7 Å². The van der Waals surface area contributed by atoms with Gasteiger partial charge in [-0.05, 0) is 25.2 Å². The predicted molar refractivity (Wildman–Crippen MR) is 60.7 cm³/mol. The van der Waals surface area contributed by atoms with E-state index in [-0.39, 0.29) is 16.8 Å². The second-order valence-electron chi connectivity index (χ2n) is 6.34. The van der Waals surface area contributed by atoms with Crippen molar-refractivity contribution >= 4 is 0 Å². The minimum atomic E-state index is -0.236. The molecule has 1 aliphatic heterocycles. The normalized spacial score (nSPS) is 36.0. The fourth-order valence-corrected chi connectivity index (χ4v) is 2.45. The lowest BCUT2D eigenvalue weighted by atomic mass is 9.78. The molecule has 2 heteroatoms. The molecule has 2 rings (SSSR count). The van der Waals surface area contributed by atoms with E-state index in [1.165, 1.54) is 19.3 Å². The molecule has 15 heavy (non-hydrogen) atoms. The summed E-state index contributed by atoms with van der Waals surface area (Å²) in [7, 11) is 0. The van der Waals surface area contributed by atoms with Crippen LogP contribution in [0.4, 0.5) is 0 Å². The molecule has 1 aliphatic carbocycles. The molecule has 0 radical (unpaired) electrons. The van der Waals surface area contributed by atoms with E-state index in [1.807, 2.05) is 0 Å². The summed E-state index contributed by atoms with van der Waals surface area (Å²) in [5.74, 6) is -0.236. The minimum absolute atomic E-state index is 0.121. The van der Waals surface area contributed by atoms with Crippen molar-refractivity contribution in [2.75, 3.05) is 6.61 Å². The van der Waals surface area contributed by atoms with Gasteiger partial charge in [0.05, 0.1) is 12.2 Å². The van der Waals surface area contributed by atoms with Gasteiger partial charge in [-0.3, -0.25) is 0 Å². The Morgan fingerprint density at radius 1 is 1.00 bits per heavy atom. The first-order valence-electron chi connectivity index (χ1n) is 6.21. The van der Waals surface area contributed by atoms with Gasteiger partial charge in [0.2, 0.25) is 0 Å². The van der Waals surface area contributed by atoms with Gasteiger partial charge in [-0.15, -0.1) is 0 Å². The molecule has 0 bridgehead atoms. The lowest BCUT2D eigenvalue weighted by Crippen LogP contribution is -2.45. The number of hydrogen-bond acceptors (Lipinski definition) is 2. The van der Waals surface area contributed by atoms with Gasteiger partial charge < -0.3 is 9.47 Å². The molecular weight excluding hydrogens is 188 g/mol. The van der Waals surface area contributed by atoms with Crippen molar-refractivity contribution in [3.05, 3.63) is 0 Å². The van der Waals surface area contributed by atoms with Gasteiger partial charge in [-0.1, -0.05) is 27.2 Å². The van der Waals surface area contributed by atoms with Crippen molar-refractivity contribution in [3.63, 3.8) is 0 Å². The SMILES string of the molecule is CC(C)(C)C1(C)COC2(CCCCC2)O1. The van der Waals surface area contributed by atoms with E-state index >= 15 is 0 Å². The number of ether oxygens (including phenoxy) is 2. The fraction of sp³-hybridized carbons (Fsp3) is 1.00. The standard InChI is InChI=1S/C13H24O2/c1-11(2,3)12(4)10-14-13(15-12)8-6-5-7-9-13/h5-10H2,1-4H3. The highest BCUT2D eigenvalue weighted by atomic mass is 16.8. The topological polar surface area (TPSA) is 18.5 Å². The van der Waals surface area contributed by atoms with Gasteiger partial charge in [0.25, 0.3) is 0 Å². The Labute approximate surface area is 93.3 Å². The molecule has 1 saturated heterocycles. The molecule has 1 saturated carbocycles. The van der Waals surface area contributed by atoms with Crippen LogP contribution in [0.3, 0.4) is 0 Å². The first-order valence-corrected chi connectivity index (χ1v) is 6.21. The van der Waals surface area contributed by atoms with E-state index in [0.717, 1.165) is 19.4 Å². The van der Waals surface area contributed by atoms with Crippen LogP contribution in [0.1, 0.15) is 59.8 Å². The third-order valence-corrected chi connectivity index (χ3v) is 4.22. The molecule has 88 valence electrons. The summed E-state index contributed by atoms with van der Waals surface area (Å²) in [5, 5.41) is 0. The first kappa shape index (κ1) is 11.4. The summed E-state index contributed by atoms with van der Waals surface area (Å²) in [6, 6.07) is 0. The van der Waals surface area contributed by atoms with E-state index in [1.54, 1.807) is 0 Å². The lowest BCUT2D eigenvalue weighted by molar-refractivity contribution is -0.217. The molecule has 2 nitrogen and oxygen atoms in total. The van der Waals surface area contributed by atoms with Gasteiger partial charge in [0.1, 0.15) is 0 Å². The Hall–Kier alpha value is -0.0800. The summed E-state index contributed by atoms with van der Waals surface area (Å²) in [6.45, 7) is 9.64. The van der Waals surface area contributed by atoms with Gasteiger partial charge in [-0.2, -0.15) is 0 Å². The van der Waals surface area contributed by atoms with Crippen LogP contribution >= 0.6 is 0 Å². The molecule has 2 fully saturated rings. The molecule has 0 aromatic heterocycles. The molecule has 0 aromatic carbocycles. The Bertz CT molecular complexity index is 235. The maximum Gasteiger partial charge on any atom is 0.169 e. The van der Waals surface area contributed by atoms with Crippen LogP contribution in [0.5, 0.6) is 0 Å². The Kier molecular flexibility index (Phi) is 2.63. The van der Waals surface area contributed by atoms with E-state index in [0.29, 0.717) is 0 Å². The van der Waals surface area contributed by atoms with Crippen LogP contribution < -0.4 is 0 Å². The third kappa shape index (κ3) is 1.94. The largest absolute Gasteiger partial charge is 0.347 e. The molecule has 0 amide bonds. The van der Waals surface area contributed by atoms with Gasteiger partial charge in [0.15, 0.2) is 5.79 Å². The van der Waals surface area contributed by atoms with Crippen LogP contribution in [-0.4, -0.2) is 18.0 Å². The molecule has 1 heterocycles. The summed E-state index contributed by atoms with van der Waals surface area (Å²) in [5.41, 5.74) is 0.0261. The lowest BCUT2D eigenvalue weighted by Gasteiger charge is -2.40. The van der Waals surface area contributed by atoms with Crippen LogP contribution in [0.2, 0.25) is 0 Å². The molecule has 1 spiro atoms. The van der Waals surface area contributed by atoms with Crippen molar-refractivity contribution < 1.29 is 9.47 Å². The average molecular weight is 212 g/mol. The Morgan fingerprint density at radius 3 is 2.07 bits per heavy atom. The second kappa shape index (κ2) is 3.46. The molecule has 2 aliphatic rings. The van der Waals surface area contributed by atoms with Crippen LogP contribution in [0.25, 0.3) is 0 Å². The van der Waals surface area contributed by atoms with Crippen molar-refractivity contribution in [2.45, 2.75) is 71.2 Å². The molecule has 1 atom stereocenters. The van der Waals surface area contributed by atoms with Crippen molar-refractivity contribution in [1.82, 2.24) is 0 Å². The van der Waals surface area contributed by atoms with E-state index < -0.39 is 0 Å². The average Bonchev–Trinajstić information content (AvgIpc) is 2.45. The van der Waals surface area contributed by atoms with Gasteiger partial charge >= 0.3 is 0 Å². The zero-order chi connectivity index (χ0) is 11.2. The number of hydrogen-bond donors (Lipinski definition) is 0. The van der Waals surface area contributed by atoms with Gasteiger partial charge in [0, 0.05) is 12.8 Å².